The Balaban J connectivity index is 1.95. The molecule has 0 atom stereocenters. The standard InChI is InChI=1S/C18H14N2O4/c21-17(10-11-18(22)23)20-15-9-5-4-8-14(15)19-16(20)12-24-13-6-2-1-3-7-13/h1-11H,12H2,(H,22,23)/b11-10-. The van der Waals surface area contributed by atoms with Crippen LogP contribution in [0.5, 0.6) is 5.75 Å². The van der Waals surface area contributed by atoms with Gasteiger partial charge >= 0.3 is 5.97 Å². The van der Waals surface area contributed by atoms with Crippen LogP contribution in [0.25, 0.3) is 11.0 Å². The highest BCUT2D eigenvalue weighted by Crippen LogP contribution is 2.18. The topological polar surface area (TPSA) is 81.4 Å². The van der Waals surface area contributed by atoms with E-state index in [1.807, 2.05) is 24.3 Å². The molecule has 24 heavy (non-hydrogen) atoms. The predicted octanol–water partition coefficient (Wildman–Crippen LogP) is 2.90. The van der Waals surface area contributed by atoms with Gasteiger partial charge in [0, 0.05) is 12.2 Å². The van der Waals surface area contributed by atoms with Gasteiger partial charge in [0.15, 0.2) is 5.82 Å². The molecular formula is C18H14N2O4. The Morgan fingerprint density at radius 3 is 2.50 bits per heavy atom. The van der Waals surface area contributed by atoms with Crippen molar-refractivity contribution >= 4 is 22.9 Å². The number of aliphatic carboxylic acids is 1. The average molecular weight is 322 g/mol. The fourth-order valence-corrected chi connectivity index (χ4v) is 2.30. The van der Waals surface area contributed by atoms with Crippen LogP contribution in [0.15, 0.2) is 66.7 Å². The molecule has 0 bridgehead atoms. The van der Waals surface area contributed by atoms with Gasteiger partial charge in [-0.25, -0.2) is 9.78 Å². The first-order chi connectivity index (χ1) is 11.6. The van der Waals surface area contributed by atoms with Crippen molar-refractivity contribution in [1.29, 1.82) is 0 Å². The zero-order chi connectivity index (χ0) is 16.9. The van der Waals surface area contributed by atoms with Crippen LogP contribution in [0.4, 0.5) is 0 Å². The number of imidazole rings is 1. The number of carboxylic acids is 1. The van der Waals surface area contributed by atoms with Crippen LogP contribution in [0.2, 0.25) is 0 Å². The second-order valence-corrected chi connectivity index (χ2v) is 4.96. The summed E-state index contributed by atoms with van der Waals surface area (Å²) in [6.45, 7) is 0.0886. The van der Waals surface area contributed by atoms with Gasteiger partial charge in [-0.3, -0.25) is 9.36 Å². The first-order valence-electron chi connectivity index (χ1n) is 7.24. The summed E-state index contributed by atoms with van der Waals surface area (Å²) in [5.74, 6) is -0.614. The Hall–Kier alpha value is -3.41. The molecule has 120 valence electrons. The molecule has 6 nitrogen and oxygen atoms in total. The van der Waals surface area contributed by atoms with Gasteiger partial charge in [0.1, 0.15) is 12.4 Å². The molecule has 0 saturated heterocycles. The maximum absolute atomic E-state index is 12.4. The smallest absolute Gasteiger partial charge is 0.328 e. The van der Waals surface area contributed by atoms with Crippen molar-refractivity contribution in [2.45, 2.75) is 6.61 Å². The third kappa shape index (κ3) is 3.33. The van der Waals surface area contributed by atoms with E-state index in [2.05, 4.69) is 4.98 Å². The highest BCUT2D eigenvalue weighted by Gasteiger charge is 2.15. The van der Waals surface area contributed by atoms with E-state index in [1.165, 1.54) is 4.57 Å². The van der Waals surface area contributed by atoms with E-state index in [0.29, 0.717) is 22.6 Å². The third-order valence-corrected chi connectivity index (χ3v) is 3.33. The number of hydrogen-bond acceptors (Lipinski definition) is 4. The molecule has 0 unspecified atom stereocenters. The lowest BCUT2D eigenvalue weighted by molar-refractivity contribution is -0.131. The van der Waals surface area contributed by atoms with Crippen molar-refractivity contribution in [2.24, 2.45) is 0 Å². The summed E-state index contributed by atoms with van der Waals surface area (Å²) >= 11 is 0. The molecule has 0 aliphatic rings. The Labute approximate surface area is 137 Å². The van der Waals surface area contributed by atoms with Crippen molar-refractivity contribution in [3.63, 3.8) is 0 Å². The van der Waals surface area contributed by atoms with Gasteiger partial charge in [0.25, 0.3) is 5.91 Å². The largest absolute Gasteiger partial charge is 0.486 e. The molecule has 1 N–H and O–H groups in total. The average Bonchev–Trinajstić information content (AvgIpc) is 2.97. The van der Waals surface area contributed by atoms with Gasteiger partial charge in [-0.2, -0.15) is 0 Å². The van der Waals surface area contributed by atoms with E-state index in [4.69, 9.17) is 9.84 Å². The highest BCUT2D eigenvalue weighted by molar-refractivity contribution is 6.00. The van der Waals surface area contributed by atoms with Gasteiger partial charge < -0.3 is 9.84 Å². The number of para-hydroxylation sites is 3. The molecule has 1 heterocycles. The van der Waals surface area contributed by atoms with Gasteiger partial charge in [0.05, 0.1) is 11.0 Å². The van der Waals surface area contributed by atoms with Crippen LogP contribution in [-0.2, 0) is 11.4 Å². The molecule has 0 amide bonds. The van der Waals surface area contributed by atoms with Gasteiger partial charge in [0.2, 0.25) is 0 Å². The van der Waals surface area contributed by atoms with E-state index in [9.17, 15) is 9.59 Å². The molecule has 0 radical (unpaired) electrons. The number of allylic oxidation sites excluding steroid dienone is 1. The maximum Gasteiger partial charge on any atom is 0.328 e. The highest BCUT2D eigenvalue weighted by atomic mass is 16.5. The summed E-state index contributed by atoms with van der Waals surface area (Å²) in [7, 11) is 0. The fourth-order valence-electron chi connectivity index (χ4n) is 2.30. The lowest BCUT2D eigenvalue weighted by Crippen LogP contribution is -2.14. The summed E-state index contributed by atoms with van der Waals surface area (Å²) in [6.07, 6.45) is 1.81. The summed E-state index contributed by atoms with van der Waals surface area (Å²) in [5.41, 5.74) is 1.24. The van der Waals surface area contributed by atoms with E-state index >= 15 is 0 Å². The number of benzene rings is 2. The number of ether oxygens (including phenoxy) is 1. The predicted molar refractivity (Wildman–Crippen MR) is 87.9 cm³/mol. The van der Waals surface area contributed by atoms with E-state index in [-0.39, 0.29) is 6.61 Å². The second kappa shape index (κ2) is 6.78. The first kappa shape index (κ1) is 15.5. The van der Waals surface area contributed by atoms with Crippen LogP contribution >= 0.6 is 0 Å². The summed E-state index contributed by atoms with van der Waals surface area (Å²) < 4.78 is 7.02. The Morgan fingerprint density at radius 2 is 1.75 bits per heavy atom. The van der Waals surface area contributed by atoms with Crippen LogP contribution < -0.4 is 4.74 Å². The Kier molecular flexibility index (Phi) is 4.38. The Bertz CT molecular complexity index is 913. The number of rotatable bonds is 5. The van der Waals surface area contributed by atoms with Crippen molar-refractivity contribution in [2.75, 3.05) is 0 Å². The normalized spacial score (nSPS) is 11.0. The van der Waals surface area contributed by atoms with E-state index in [1.54, 1.807) is 30.3 Å². The third-order valence-electron chi connectivity index (χ3n) is 3.33. The minimum Gasteiger partial charge on any atom is -0.486 e. The SMILES string of the molecule is O=C(O)/C=C\C(=O)n1c(COc2ccccc2)nc2ccccc21. The summed E-state index contributed by atoms with van der Waals surface area (Å²) in [6, 6.07) is 16.3. The molecule has 3 aromatic rings. The molecule has 1 aromatic heterocycles. The van der Waals surface area contributed by atoms with E-state index in [0.717, 1.165) is 12.2 Å². The molecule has 0 saturated carbocycles. The first-order valence-corrected chi connectivity index (χ1v) is 7.24. The summed E-state index contributed by atoms with van der Waals surface area (Å²) in [4.78, 5) is 27.4. The maximum atomic E-state index is 12.4. The van der Waals surface area contributed by atoms with Crippen LogP contribution in [0.3, 0.4) is 0 Å². The van der Waals surface area contributed by atoms with Crippen LogP contribution in [0, 0.1) is 0 Å². The summed E-state index contributed by atoms with van der Waals surface area (Å²) in [5, 5.41) is 8.71. The number of hydrogen-bond donors (Lipinski definition) is 1. The van der Waals surface area contributed by atoms with Gasteiger partial charge in [-0.05, 0) is 24.3 Å². The minimum absolute atomic E-state index is 0.0886. The zero-order valence-corrected chi connectivity index (χ0v) is 12.6. The van der Waals surface area contributed by atoms with Crippen molar-refractivity contribution in [3.8, 4) is 5.75 Å². The number of carbonyl (C=O) groups is 2. The molecule has 2 aromatic carbocycles. The van der Waals surface area contributed by atoms with Crippen LogP contribution in [-0.4, -0.2) is 26.5 Å². The lowest BCUT2D eigenvalue weighted by Gasteiger charge is -2.07. The fraction of sp³-hybridized carbons (Fsp3) is 0.0556. The molecule has 6 heteroatoms. The molecule has 0 fully saturated rings. The number of carboxylic acid groups (broad SMARTS) is 1. The second-order valence-electron chi connectivity index (χ2n) is 4.96. The van der Waals surface area contributed by atoms with Crippen molar-refractivity contribution in [1.82, 2.24) is 9.55 Å². The van der Waals surface area contributed by atoms with Crippen molar-refractivity contribution in [3.05, 3.63) is 72.6 Å². The van der Waals surface area contributed by atoms with Gasteiger partial charge in [-0.15, -0.1) is 0 Å². The zero-order valence-electron chi connectivity index (χ0n) is 12.6. The molecule has 3 rings (SSSR count). The number of aromatic nitrogens is 2. The quantitative estimate of drug-likeness (QED) is 0.730. The molecule has 0 aliphatic heterocycles. The lowest BCUT2D eigenvalue weighted by atomic mass is 10.3. The van der Waals surface area contributed by atoms with Crippen LogP contribution in [0.1, 0.15) is 10.6 Å². The van der Waals surface area contributed by atoms with Crippen molar-refractivity contribution < 1.29 is 19.4 Å². The van der Waals surface area contributed by atoms with Gasteiger partial charge in [-0.1, -0.05) is 30.3 Å². The Morgan fingerprint density at radius 1 is 1.04 bits per heavy atom. The molecule has 0 aliphatic carbocycles. The van der Waals surface area contributed by atoms with E-state index < -0.39 is 11.9 Å². The molecular weight excluding hydrogens is 308 g/mol. The number of carbonyl (C=O) groups excluding carboxylic acids is 1. The monoisotopic (exact) mass is 322 g/mol. The number of nitrogens with zero attached hydrogens (tertiary/aromatic N) is 2. The number of fused-ring (bicyclic) bond motifs is 1. The minimum atomic E-state index is -1.19. The molecule has 0 spiro atoms.